The molecule has 2 aromatic rings. The zero-order chi connectivity index (χ0) is 32.1. The molecule has 1 aliphatic heterocycles. The van der Waals surface area contributed by atoms with Crippen LogP contribution >= 0.6 is 0 Å². The van der Waals surface area contributed by atoms with Crippen molar-refractivity contribution in [3.63, 3.8) is 0 Å². The van der Waals surface area contributed by atoms with E-state index in [2.05, 4.69) is 19.3 Å². The Balaban J connectivity index is 2.09. The third kappa shape index (κ3) is 7.85. The van der Waals surface area contributed by atoms with Gasteiger partial charge in [0, 0.05) is 38.3 Å². The van der Waals surface area contributed by atoms with Crippen LogP contribution in [0.4, 0.5) is 9.59 Å². The number of hydrazine groups is 1. The number of hydrogen-bond acceptors (Lipinski definition) is 7. The molecule has 0 saturated carbocycles. The topological polar surface area (TPSA) is 149 Å². The minimum atomic E-state index is -4.42. The van der Waals surface area contributed by atoms with E-state index < -0.39 is 22.1 Å². The summed E-state index contributed by atoms with van der Waals surface area (Å²) < 4.78 is 35.2. The Kier molecular flexibility index (Phi) is 11.2. The average molecular weight is 615 g/mol. The molecule has 4 N–H and O–H groups in total. The summed E-state index contributed by atoms with van der Waals surface area (Å²) in [5, 5.41) is 7.76. The van der Waals surface area contributed by atoms with Crippen LogP contribution in [0.15, 0.2) is 41.3 Å². The first-order valence-corrected chi connectivity index (χ1v) is 16.2. The Morgan fingerprint density at radius 3 is 2.00 bits per heavy atom. The lowest BCUT2D eigenvalue weighted by molar-refractivity contribution is 0.0806. The maximum absolute atomic E-state index is 14.7. The number of piperazine rings is 1. The second-order valence-electron chi connectivity index (χ2n) is 11.7. The third-order valence-electron chi connectivity index (χ3n) is 7.49. The molecule has 1 heterocycles. The van der Waals surface area contributed by atoms with Crippen molar-refractivity contribution < 1.29 is 22.7 Å². The highest BCUT2D eigenvalue weighted by Crippen LogP contribution is 2.36. The standard InChI is InChI=1S/C31H46N6O5S/c1-8-42-31(39)36-14-12-35(13-15-36)30(38)37(34-19-23-10-9-11-24(16-23)29(32)33)43(40,41)28-26(21(4)5)17-25(20(2)3)18-27(28)22(6)7/h9-11,16-18,20-22,34H,8,12-15,19H2,1-7H3,(H3,32,33). The van der Waals surface area contributed by atoms with E-state index in [-0.39, 0.29) is 67.8 Å². The van der Waals surface area contributed by atoms with Crippen molar-refractivity contribution in [3.05, 3.63) is 64.2 Å². The molecule has 0 atom stereocenters. The van der Waals surface area contributed by atoms with Crippen molar-refractivity contribution in [2.75, 3.05) is 32.8 Å². The van der Waals surface area contributed by atoms with Gasteiger partial charge in [0.15, 0.2) is 0 Å². The fraction of sp³-hybridized carbons (Fsp3) is 0.516. The number of hydrogen-bond donors (Lipinski definition) is 3. The number of sulfonamides is 1. The first kappa shape index (κ1) is 33.9. The number of nitrogens with one attached hydrogen (secondary N) is 2. The van der Waals surface area contributed by atoms with Gasteiger partial charge >= 0.3 is 12.1 Å². The van der Waals surface area contributed by atoms with Crippen LogP contribution in [-0.2, 0) is 21.3 Å². The van der Waals surface area contributed by atoms with Gasteiger partial charge in [0.1, 0.15) is 5.84 Å². The number of urea groups is 1. The molecule has 1 fully saturated rings. The van der Waals surface area contributed by atoms with Gasteiger partial charge < -0.3 is 20.3 Å². The lowest BCUT2D eigenvalue weighted by atomic mass is 9.89. The van der Waals surface area contributed by atoms with Crippen molar-refractivity contribution >= 4 is 28.0 Å². The Hall–Kier alpha value is -3.64. The fourth-order valence-electron chi connectivity index (χ4n) is 4.97. The van der Waals surface area contributed by atoms with Gasteiger partial charge in [0.25, 0.3) is 10.0 Å². The van der Waals surface area contributed by atoms with Crippen LogP contribution in [-0.4, -0.2) is 73.4 Å². The summed E-state index contributed by atoms with van der Waals surface area (Å²) in [6.07, 6.45) is -0.462. The molecule has 0 unspecified atom stereocenters. The van der Waals surface area contributed by atoms with Crippen LogP contribution in [0.2, 0.25) is 0 Å². The molecule has 11 nitrogen and oxygen atoms in total. The second kappa shape index (κ2) is 14.2. The summed E-state index contributed by atoms with van der Waals surface area (Å²) in [4.78, 5) is 29.4. The number of carbonyl (C=O) groups excluding carboxylic acids is 2. The van der Waals surface area contributed by atoms with Gasteiger partial charge in [0.2, 0.25) is 0 Å². The molecular weight excluding hydrogens is 568 g/mol. The van der Waals surface area contributed by atoms with Gasteiger partial charge in [-0.3, -0.25) is 5.41 Å². The molecule has 3 rings (SSSR count). The Bertz CT molecular complexity index is 1400. The highest BCUT2D eigenvalue weighted by atomic mass is 32.2. The number of benzene rings is 2. The smallest absolute Gasteiger partial charge is 0.409 e. The largest absolute Gasteiger partial charge is 0.450 e. The van der Waals surface area contributed by atoms with Gasteiger partial charge in [-0.05, 0) is 53.0 Å². The molecule has 43 heavy (non-hydrogen) atoms. The first-order chi connectivity index (χ1) is 20.2. The van der Waals surface area contributed by atoms with E-state index in [0.29, 0.717) is 22.3 Å². The van der Waals surface area contributed by atoms with Crippen molar-refractivity contribution in [1.82, 2.24) is 19.6 Å². The summed E-state index contributed by atoms with van der Waals surface area (Å²) in [7, 11) is -4.42. The number of ether oxygens (including phenoxy) is 1. The number of carbonyl (C=O) groups is 2. The van der Waals surface area contributed by atoms with E-state index >= 15 is 0 Å². The van der Waals surface area contributed by atoms with Gasteiger partial charge in [-0.2, -0.15) is 8.42 Å². The number of amides is 3. The van der Waals surface area contributed by atoms with E-state index in [4.69, 9.17) is 15.9 Å². The average Bonchev–Trinajstić information content (AvgIpc) is 2.96. The summed E-state index contributed by atoms with van der Waals surface area (Å²) in [5.41, 5.74) is 12.0. The van der Waals surface area contributed by atoms with Gasteiger partial charge in [-0.25, -0.2) is 15.0 Å². The minimum Gasteiger partial charge on any atom is -0.450 e. The predicted octanol–water partition coefficient (Wildman–Crippen LogP) is 4.93. The molecule has 2 aromatic carbocycles. The zero-order valence-corrected chi connectivity index (χ0v) is 27.1. The lowest BCUT2D eigenvalue weighted by Crippen LogP contribution is -2.58. The Morgan fingerprint density at radius 1 is 0.953 bits per heavy atom. The molecule has 0 aromatic heterocycles. The van der Waals surface area contributed by atoms with E-state index in [1.807, 2.05) is 39.8 Å². The molecular formula is C31H46N6O5S. The van der Waals surface area contributed by atoms with Crippen molar-refractivity contribution in [1.29, 1.82) is 5.41 Å². The predicted molar refractivity (Wildman–Crippen MR) is 168 cm³/mol. The number of rotatable bonds is 10. The first-order valence-electron chi connectivity index (χ1n) is 14.8. The van der Waals surface area contributed by atoms with E-state index in [1.54, 1.807) is 31.2 Å². The van der Waals surface area contributed by atoms with Crippen molar-refractivity contribution in [2.24, 2.45) is 5.73 Å². The van der Waals surface area contributed by atoms with Crippen LogP contribution in [0.5, 0.6) is 0 Å². The van der Waals surface area contributed by atoms with Crippen LogP contribution in [0.1, 0.15) is 94.0 Å². The number of nitrogen functional groups attached to an aromatic ring is 1. The normalized spacial score (nSPS) is 14.0. The summed E-state index contributed by atoms with van der Waals surface area (Å²) in [6.45, 7) is 14.6. The fourth-order valence-corrected chi connectivity index (χ4v) is 6.89. The van der Waals surface area contributed by atoms with E-state index in [9.17, 15) is 18.0 Å². The van der Waals surface area contributed by atoms with Gasteiger partial charge in [-0.15, -0.1) is 4.41 Å². The second-order valence-corrected chi connectivity index (χ2v) is 13.4. The van der Waals surface area contributed by atoms with Crippen molar-refractivity contribution in [3.8, 4) is 0 Å². The molecule has 1 saturated heterocycles. The lowest BCUT2D eigenvalue weighted by Gasteiger charge is -2.37. The minimum absolute atomic E-state index is 0.00696. The third-order valence-corrected chi connectivity index (χ3v) is 9.25. The molecule has 0 radical (unpaired) electrons. The van der Waals surface area contributed by atoms with E-state index in [0.717, 1.165) is 9.98 Å². The Morgan fingerprint density at radius 2 is 1.51 bits per heavy atom. The molecule has 1 aliphatic rings. The summed E-state index contributed by atoms with van der Waals surface area (Å²) in [5.74, 6) is -0.182. The van der Waals surface area contributed by atoms with Crippen molar-refractivity contribution in [2.45, 2.75) is 77.7 Å². The molecule has 12 heteroatoms. The molecule has 0 spiro atoms. The van der Waals surface area contributed by atoms with E-state index in [1.165, 1.54) is 9.80 Å². The number of amidine groups is 1. The highest BCUT2D eigenvalue weighted by molar-refractivity contribution is 7.89. The van der Waals surface area contributed by atoms with Gasteiger partial charge in [-0.1, -0.05) is 71.9 Å². The maximum Gasteiger partial charge on any atom is 0.409 e. The molecule has 3 amide bonds. The van der Waals surface area contributed by atoms with Gasteiger partial charge in [0.05, 0.1) is 11.5 Å². The maximum atomic E-state index is 14.7. The monoisotopic (exact) mass is 614 g/mol. The molecule has 0 bridgehead atoms. The van der Waals surface area contributed by atoms with Crippen LogP contribution < -0.4 is 11.2 Å². The summed E-state index contributed by atoms with van der Waals surface area (Å²) in [6, 6.07) is 10.00. The van der Waals surface area contributed by atoms with Crippen LogP contribution in [0.3, 0.4) is 0 Å². The number of nitrogens with zero attached hydrogens (tertiary/aromatic N) is 3. The summed E-state index contributed by atoms with van der Waals surface area (Å²) >= 11 is 0. The zero-order valence-electron chi connectivity index (χ0n) is 26.3. The van der Waals surface area contributed by atoms with Crippen LogP contribution in [0, 0.1) is 5.41 Å². The van der Waals surface area contributed by atoms with Crippen LogP contribution in [0.25, 0.3) is 0 Å². The molecule has 0 aliphatic carbocycles. The SMILES string of the molecule is CCOC(=O)N1CCN(C(=O)N(NCc2cccc(C(=N)N)c2)S(=O)(=O)c2c(C(C)C)cc(C(C)C)cc2C(C)C)CC1. The number of nitrogens with two attached hydrogens (primary N) is 1. The highest BCUT2D eigenvalue weighted by Gasteiger charge is 2.38. The molecule has 236 valence electrons. The quantitative estimate of drug-likeness (QED) is 0.195. The Labute approximate surface area is 255 Å².